The number of hydrogen-bond acceptors (Lipinski definition) is 3. The molecule has 0 unspecified atom stereocenters. The van der Waals surface area contributed by atoms with Crippen molar-refractivity contribution in [1.29, 1.82) is 0 Å². The van der Waals surface area contributed by atoms with E-state index in [1.54, 1.807) is 0 Å². The van der Waals surface area contributed by atoms with E-state index in [2.05, 4.69) is 10.6 Å². The van der Waals surface area contributed by atoms with Crippen molar-refractivity contribution in [1.82, 2.24) is 0 Å². The van der Waals surface area contributed by atoms with Gasteiger partial charge in [-0.15, -0.1) is 0 Å². The van der Waals surface area contributed by atoms with Crippen LogP contribution in [0.3, 0.4) is 0 Å². The standard InChI is InChI=1S/C14H15F3N2O3/c15-14(16,17)8-12(20)18-9-3-5-10(6-4-9)19-13(21)11-2-1-7-22-11/h3-6,11H,1-2,7-8H2,(H,18,20)(H,19,21)/t11-/m1/s1. The molecule has 2 N–H and O–H groups in total. The molecule has 0 aliphatic carbocycles. The van der Waals surface area contributed by atoms with Crippen LogP contribution < -0.4 is 10.6 Å². The average Bonchev–Trinajstić information content (AvgIpc) is 2.92. The van der Waals surface area contributed by atoms with Crippen molar-refractivity contribution < 1.29 is 27.5 Å². The lowest BCUT2D eigenvalue weighted by atomic mass is 10.2. The van der Waals surface area contributed by atoms with Crippen molar-refractivity contribution in [2.75, 3.05) is 17.2 Å². The van der Waals surface area contributed by atoms with Gasteiger partial charge in [-0.3, -0.25) is 9.59 Å². The fourth-order valence-corrected chi connectivity index (χ4v) is 2.03. The third-order valence-electron chi connectivity index (χ3n) is 3.02. The van der Waals surface area contributed by atoms with E-state index in [1.807, 2.05) is 0 Å². The normalized spacial score (nSPS) is 18.0. The Morgan fingerprint density at radius 1 is 1.14 bits per heavy atom. The number of ether oxygens (including phenoxy) is 1. The minimum absolute atomic E-state index is 0.226. The van der Waals surface area contributed by atoms with Gasteiger partial charge in [-0.1, -0.05) is 0 Å². The van der Waals surface area contributed by atoms with Crippen molar-refractivity contribution in [2.24, 2.45) is 0 Å². The average molecular weight is 316 g/mol. The van der Waals surface area contributed by atoms with Gasteiger partial charge in [0.05, 0.1) is 0 Å². The van der Waals surface area contributed by atoms with Gasteiger partial charge < -0.3 is 15.4 Å². The summed E-state index contributed by atoms with van der Waals surface area (Å²) in [5.41, 5.74) is 0.707. The topological polar surface area (TPSA) is 67.4 Å². The van der Waals surface area contributed by atoms with Gasteiger partial charge in [-0.2, -0.15) is 13.2 Å². The molecule has 1 aromatic rings. The number of carbonyl (C=O) groups is 2. The second-order valence-electron chi connectivity index (χ2n) is 4.91. The minimum Gasteiger partial charge on any atom is -0.368 e. The predicted molar refractivity (Wildman–Crippen MR) is 73.3 cm³/mol. The summed E-state index contributed by atoms with van der Waals surface area (Å²) in [6.45, 7) is 0.558. The third kappa shape index (κ3) is 5.03. The fraction of sp³-hybridized carbons (Fsp3) is 0.429. The molecule has 8 heteroatoms. The quantitative estimate of drug-likeness (QED) is 0.897. The number of rotatable bonds is 4. The van der Waals surface area contributed by atoms with Crippen LogP contribution in [0.25, 0.3) is 0 Å². The van der Waals surface area contributed by atoms with Crippen LogP contribution in [-0.2, 0) is 14.3 Å². The summed E-state index contributed by atoms with van der Waals surface area (Å²) in [4.78, 5) is 23.0. The van der Waals surface area contributed by atoms with Crippen molar-refractivity contribution in [3.8, 4) is 0 Å². The molecule has 120 valence electrons. The number of amides is 2. The largest absolute Gasteiger partial charge is 0.397 e. The van der Waals surface area contributed by atoms with Crippen molar-refractivity contribution in [2.45, 2.75) is 31.5 Å². The molecule has 0 spiro atoms. The maximum atomic E-state index is 12.0. The first kappa shape index (κ1) is 16.3. The molecule has 0 saturated carbocycles. The molecule has 1 saturated heterocycles. The first-order valence-electron chi connectivity index (χ1n) is 6.72. The van der Waals surface area contributed by atoms with Crippen LogP contribution in [0, 0.1) is 0 Å². The van der Waals surface area contributed by atoms with E-state index in [0.717, 1.165) is 6.42 Å². The van der Waals surface area contributed by atoms with Crippen LogP contribution in [-0.4, -0.2) is 30.7 Å². The Morgan fingerprint density at radius 3 is 2.23 bits per heavy atom. The molecule has 0 bridgehead atoms. The molecule has 1 atom stereocenters. The van der Waals surface area contributed by atoms with E-state index < -0.39 is 24.6 Å². The van der Waals surface area contributed by atoms with Crippen molar-refractivity contribution >= 4 is 23.2 Å². The van der Waals surface area contributed by atoms with Gasteiger partial charge in [0, 0.05) is 18.0 Å². The number of hydrogen-bond donors (Lipinski definition) is 2. The summed E-state index contributed by atoms with van der Waals surface area (Å²) in [5, 5.41) is 4.78. The molecule has 2 amide bonds. The predicted octanol–water partition coefficient (Wildman–Crippen LogP) is 2.70. The second kappa shape index (κ2) is 6.78. The van der Waals surface area contributed by atoms with E-state index in [-0.39, 0.29) is 11.6 Å². The molecule has 0 aromatic heterocycles. The Hall–Kier alpha value is -2.09. The van der Waals surface area contributed by atoms with E-state index in [4.69, 9.17) is 4.74 Å². The first-order chi connectivity index (χ1) is 10.3. The minimum atomic E-state index is -4.54. The molecule has 2 rings (SSSR count). The number of carbonyl (C=O) groups excluding carboxylic acids is 2. The highest BCUT2D eigenvalue weighted by Gasteiger charge is 2.31. The summed E-state index contributed by atoms with van der Waals surface area (Å²) in [7, 11) is 0. The van der Waals surface area contributed by atoms with Gasteiger partial charge in [-0.05, 0) is 37.1 Å². The Bertz CT molecular complexity index is 537. The van der Waals surface area contributed by atoms with Crippen LogP contribution in [0.15, 0.2) is 24.3 Å². The fourth-order valence-electron chi connectivity index (χ4n) is 2.03. The van der Waals surface area contributed by atoms with E-state index in [1.165, 1.54) is 24.3 Å². The highest BCUT2D eigenvalue weighted by molar-refractivity contribution is 5.95. The number of anilines is 2. The van der Waals surface area contributed by atoms with Crippen LogP contribution in [0.4, 0.5) is 24.5 Å². The Balaban J connectivity index is 1.87. The van der Waals surface area contributed by atoms with Gasteiger partial charge >= 0.3 is 6.18 Å². The lowest BCUT2D eigenvalue weighted by Gasteiger charge is -2.11. The van der Waals surface area contributed by atoms with E-state index in [9.17, 15) is 22.8 Å². The number of halogens is 3. The molecule has 1 heterocycles. The van der Waals surface area contributed by atoms with E-state index in [0.29, 0.717) is 18.7 Å². The molecule has 1 fully saturated rings. The second-order valence-corrected chi connectivity index (χ2v) is 4.91. The molecular formula is C14H15F3N2O3. The lowest BCUT2D eigenvalue weighted by Crippen LogP contribution is -2.26. The third-order valence-corrected chi connectivity index (χ3v) is 3.02. The number of alkyl halides is 3. The van der Waals surface area contributed by atoms with Gasteiger partial charge in [0.1, 0.15) is 12.5 Å². The van der Waals surface area contributed by atoms with Crippen molar-refractivity contribution in [3.05, 3.63) is 24.3 Å². The van der Waals surface area contributed by atoms with Crippen molar-refractivity contribution in [3.63, 3.8) is 0 Å². The molecule has 0 radical (unpaired) electrons. The summed E-state index contributed by atoms with van der Waals surface area (Å²) < 4.78 is 41.4. The zero-order chi connectivity index (χ0) is 16.2. The van der Waals surface area contributed by atoms with Crippen LogP contribution in [0.1, 0.15) is 19.3 Å². The Labute approximate surface area is 124 Å². The van der Waals surface area contributed by atoms with E-state index >= 15 is 0 Å². The SMILES string of the molecule is O=C(CC(F)(F)F)Nc1ccc(NC(=O)[C@H]2CCCO2)cc1. The first-order valence-corrected chi connectivity index (χ1v) is 6.72. The number of benzene rings is 1. The lowest BCUT2D eigenvalue weighted by molar-refractivity contribution is -0.150. The molecule has 1 aliphatic heterocycles. The monoisotopic (exact) mass is 316 g/mol. The van der Waals surface area contributed by atoms with Crippen LogP contribution >= 0.6 is 0 Å². The summed E-state index contributed by atoms with van der Waals surface area (Å²) in [5.74, 6) is -1.39. The van der Waals surface area contributed by atoms with Gasteiger partial charge in [0.25, 0.3) is 5.91 Å². The smallest absolute Gasteiger partial charge is 0.368 e. The maximum Gasteiger partial charge on any atom is 0.397 e. The Kier molecular flexibility index (Phi) is 5.02. The number of nitrogens with one attached hydrogen (secondary N) is 2. The van der Waals surface area contributed by atoms with Gasteiger partial charge in [-0.25, -0.2) is 0 Å². The molecule has 1 aliphatic rings. The molecular weight excluding hydrogens is 301 g/mol. The summed E-state index contributed by atoms with van der Waals surface area (Å²) >= 11 is 0. The summed E-state index contributed by atoms with van der Waals surface area (Å²) in [6, 6.07) is 5.82. The highest BCUT2D eigenvalue weighted by Crippen LogP contribution is 2.21. The molecule has 22 heavy (non-hydrogen) atoms. The van der Waals surface area contributed by atoms with Gasteiger partial charge in [0.15, 0.2) is 0 Å². The zero-order valence-electron chi connectivity index (χ0n) is 11.6. The zero-order valence-corrected chi connectivity index (χ0v) is 11.6. The van der Waals surface area contributed by atoms with Crippen LogP contribution in [0.2, 0.25) is 0 Å². The summed E-state index contributed by atoms with van der Waals surface area (Å²) in [6.07, 6.45) is -5.05. The van der Waals surface area contributed by atoms with Crippen LogP contribution in [0.5, 0.6) is 0 Å². The molecule has 5 nitrogen and oxygen atoms in total. The maximum absolute atomic E-state index is 12.0. The highest BCUT2D eigenvalue weighted by atomic mass is 19.4. The Morgan fingerprint density at radius 2 is 1.73 bits per heavy atom. The van der Waals surface area contributed by atoms with Gasteiger partial charge in [0.2, 0.25) is 5.91 Å². The molecule has 1 aromatic carbocycles.